The predicted octanol–water partition coefficient (Wildman–Crippen LogP) is 2.76. The van der Waals surface area contributed by atoms with Gasteiger partial charge in [-0.2, -0.15) is 11.8 Å². The highest BCUT2D eigenvalue weighted by Gasteiger charge is 2.15. The van der Waals surface area contributed by atoms with E-state index < -0.39 is 0 Å². The molecule has 0 unspecified atom stereocenters. The van der Waals surface area contributed by atoms with Crippen LogP contribution in [-0.4, -0.2) is 40.0 Å². The van der Waals surface area contributed by atoms with Crippen LogP contribution in [0.4, 0.5) is 5.82 Å². The summed E-state index contributed by atoms with van der Waals surface area (Å²) in [6.45, 7) is 0.634. The molecule has 6 heteroatoms. The number of aryl methyl sites for hydroxylation is 1. The molecule has 3 rings (SSSR count). The van der Waals surface area contributed by atoms with E-state index in [-0.39, 0.29) is 5.91 Å². The summed E-state index contributed by atoms with van der Waals surface area (Å²) in [6.07, 6.45) is 6.33. The van der Waals surface area contributed by atoms with E-state index in [1.807, 2.05) is 42.1 Å². The zero-order valence-corrected chi connectivity index (χ0v) is 14.4. The first kappa shape index (κ1) is 16.8. The van der Waals surface area contributed by atoms with E-state index in [9.17, 15) is 4.79 Å². The minimum absolute atomic E-state index is 0.0773. The highest BCUT2D eigenvalue weighted by atomic mass is 32.2. The number of nitrogens with zero attached hydrogens (tertiary/aromatic N) is 2. The number of carbonyl (C=O) groups is 1. The lowest BCUT2D eigenvalue weighted by Crippen LogP contribution is -2.25. The van der Waals surface area contributed by atoms with Gasteiger partial charge in [-0.3, -0.25) is 9.78 Å². The number of carbonyl (C=O) groups excluding carboxylic acids is 1. The van der Waals surface area contributed by atoms with Crippen LogP contribution in [0.3, 0.4) is 0 Å². The molecular formula is C18H22N4OS. The van der Waals surface area contributed by atoms with Crippen LogP contribution in [0, 0.1) is 0 Å². The second-order valence-corrected chi connectivity index (χ2v) is 6.97. The van der Waals surface area contributed by atoms with Gasteiger partial charge in [-0.25, -0.2) is 4.98 Å². The molecule has 126 valence electrons. The van der Waals surface area contributed by atoms with Crippen molar-refractivity contribution in [3.8, 4) is 0 Å². The Morgan fingerprint density at radius 2 is 2.21 bits per heavy atom. The molecule has 0 saturated carbocycles. The zero-order chi connectivity index (χ0) is 16.6. The van der Waals surface area contributed by atoms with Crippen LogP contribution in [0.25, 0.3) is 0 Å². The standard InChI is InChI=1S/C18H22N4OS/c23-18(20-10-3-5-15-4-1-2-9-19-15)14-6-7-17(21-12-14)22-16-8-11-24-13-16/h1-2,4,6-7,9,12,16H,3,5,8,10-11,13H2,(H,20,23)(H,21,22)/t16-/m1/s1. The van der Waals surface area contributed by atoms with E-state index in [1.54, 1.807) is 12.4 Å². The maximum Gasteiger partial charge on any atom is 0.252 e. The van der Waals surface area contributed by atoms with Crippen molar-refractivity contribution in [1.29, 1.82) is 0 Å². The maximum atomic E-state index is 12.1. The van der Waals surface area contributed by atoms with Crippen molar-refractivity contribution in [2.24, 2.45) is 0 Å². The number of pyridine rings is 2. The number of hydrogen-bond acceptors (Lipinski definition) is 5. The normalized spacial score (nSPS) is 16.8. The quantitative estimate of drug-likeness (QED) is 0.758. The topological polar surface area (TPSA) is 66.9 Å². The molecule has 0 bridgehead atoms. The number of amides is 1. The molecule has 0 aliphatic carbocycles. The highest BCUT2D eigenvalue weighted by Crippen LogP contribution is 2.20. The number of anilines is 1. The Balaban J connectivity index is 1.41. The summed E-state index contributed by atoms with van der Waals surface area (Å²) in [5.41, 5.74) is 1.65. The molecule has 2 N–H and O–H groups in total. The Morgan fingerprint density at radius 3 is 2.92 bits per heavy atom. The first-order chi connectivity index (χ1) is 11.8. The smallest absolute Gasteiger partial charge is 0.252 e. The Hall–Kier alpha value is -2.08. The minimum atomic E-state index is -0.0773. The first-order valence-corrected chi connectivity index (χ1v) is 9.45. The molecule has 2 aromatic rings. The third-order valence-electron chi connectivity index (χ3n) is 3.93. The lowest BCUT2D eigenvalue weighted by Gasteiger charge is -2.12. The van der Waals surface area contributed by atoms with Gasteiger partial charge in [0.1, 0.15) is 5.82 Å². The summed E-state index contributed by atoms with van der Waals surface area (Å²) < 4.78 is 0. The van der Waals surface area contributed by atoms with Gasteiger partial charge in [-0.05, 0) is 49.3 Å². The number of thioether (sulfide) groups is 1. The van der Waals surface area contributed by atoms with E-state index in [0.29, 0.717) is 18.2 Å². The SMILES string of the molecule is O=C(NCCCc1ccccn1)c1ccc(N[C@@H]2CCSC2)nc1. The lowest BCUT2D eigenvalue weighted by molar-refractivity contribution is 0.0953. The Kier molecular flexibility index (Phi) is 6.07. The zero-order valence-electron chi connectivity index (χ0n) is 13.6. The Labute approximate surface area is 146 Å². The molecule has 24 heavy (non-hydrogen) atoms. The van der Waals surface area contributed by atoms with Crippen LogP contribution in [0.2, 0.25) is 0 Å². The fourth-order valence-electron chi connectivity index (χ4n) is 2.59. The highest BCUT2D eigenvalue weighted by molar-refractivity contribution is 7.99. The van der Waals surface area contributed by atoms with Gasteiger partial charge in [0.25, 0.3) is 5.91 Å². The molecular weight excluding hydrogens is 320 g/mol. The summed E-state index contributed by atoms with van der Waals surface area (Å²) in [5, 5.41) is 6.34. The average Bonchev–Trinajstić information content (AvgIpc) is 3.13. The number of rotatable bonds is 7. The van der Waals surface area contributed by atoms with Gasteiger partial charge < -0.3 is 10.6 Å². The van der Waals surface area contributed by atoms with Gasteiger partial charge in [0.2, 0.25) is 0 Å². The second-order valence-electron chi connectivity index (χ2n) is 5.82. The van der Waals surface area contributed by atoms with E-state index in [0.717, 1.165) is 30.1 Å². The van der Waals surface area contributed by atoms with Gasteiger partial charge in [-0.1, -0.05) is 6.07 Å². The molecule has 2 aromatic heterocycles. The monoisotopic (exact) mass is 342 g/mol. The Morgan fingerprint density at radius 1 is 1.25 bits per heavy atom. The third-order valence-corrected chi connectivity index (χ3v) is 5.09. The van der Waals surface area contributed by atoms with Gasteiger partial charge in [0.15, 0.2) is 0 Å². The number of aromatic nitrogens is 2. The molecule has 3 heterocycles. The van der Waals surface area contributed by atoms with Crippen molar-refractivity contribution in [2.75, 3.05) is 23.4 Å². The van der Waals surface area contributed by atoms with Gasteiger partial charge in [-0.15, -0.1) is 0 Å². The van der Waals surface area contributed by atoms with Crippen LogP contribution in [0.1, 0.15) is 28.9 Å². The van der Waals surface area contributed by atoms with Gasteiger partial charge >= 0.3 is 0 Å². The number of nitrogens with one attached hydrogen (secondary N) is 2. The summed E-state index contributed by atoms with van der Waals surface area (Å²) in [7, 11) is 0. The van der Waals surface area contributed by atoms with Crippen molar-refractivity contribution in [2.45, 2.75) is 25.3 Å². The van der Waals surface area contributed by atoms with Crippen molar-refractivity contribution in [3.63, 3.8) is 0 Å². The van der Waals surface area contributed by atoms with Crippen LogP contribution >= 0.6 is 11.8 Å². The molecule has 0 spiro atoms. The maximum absolute atomic E-state index is 12.1. The van der Waals surface area contributed by atoms with Crippen LogP contribution in [0.15, 0.2) is 42.7 Å². The number of hydrogen-bond donors (Lipinski definition) is 2. The first-order valence-electron chi connectivity index (χ1n) is 8.30. The largest absolute Gasteiger partial charge is 0.366 e. The van der Waals surface area contributed by atoms with Crippen LogP contribution in [0.5, 0.6) is 0 Å². The van der Waals surface area contributed by atoms with Crippen LogP contribution < -0.4 is 10.6 Å². The second kappa shape index (κ2) is 8.68. The Bertz CT molecular complexity index is 642. The molecule has 1 amide bonds. The van der Waals surface area contributed by atoms with E-state index >= 15 is 0 Å². The fraction of sp³-hybridized carbons (Fsp3) is 0.389. The van der Waals surface area contributed by atoms with Gasteiger partial charge in [0, 0.05) is 36.4 Å². The van der Waals surface area contributed by atoms with Crippen molar-refractivity contribution < 1.29 is 4.79 Å². The van der Waals surface area contributed by atoms with E-state index in [2.05, 4.69) is 20.6 Å². The lowest BCUT2D eigenvalue weighted by atomic mass is 10.2. The van der Waals surface area contributed by atoms with Crippen LogP contribution in [-0.2, 0) is 6.42 Å². The van der Waals surface area contributed by atoms with E-state index in [1.165, 1.54) is 12.2 Å². The van der Waals surface area contributed by atoms with Crippen molar-refractivity contribution in [1.82, 2.24) is 15.3 Å². The predicted molar refractivity (Wildman–Crippen MR) is 98.5 cm³/mol. The summed E-state index contributed by atoms with van der Waals surface area (Å²) in [5.74, 6) is 3.09. The van der Waals surface area contributed by atoms with Gasteiger partial charge in [0.05, 0.1) is 5.56 Å². The third kappa shape index (κ3) is 4.96. The molecule has 5 nitrogen and oxygen atoms in total. The molecule has 0 aromatic carbocycles. The molecule has 0 radical (unpaired) electrons. The minimum Gasteiger partial charge on any atom is -0.366 e. The molecule has 1 fully saturated rings. The molecule has 1 saturated heterocycles. The summed E-state index contributed by atoms with van der Waals surface area (Å²) >= 11 is 1.96. The molecule has 1 aliphatic rings. The van der Waals surface area contributed by atoms with Crippen molar-refractivity contribution >= 4 is 23.5 Å². The van der Waals surface area contributed by atoms with E-state index in [4.69, 9.17) is 0 Å². The fourth-order valence-corrected chi connectivity index (χ4v) is 3.74. The molecule has 1 aliphatic heterocycles. The summed E-state index contributed by atoms with van der Waals surface area (Å²) in [4.78, 5) is 20.7. The van der Waals surface area contributed by atoms with Crippen molar-refractivity contribution in [3.05, 3.63) is 54.0 Å². The average molecular weight is 342 g/mol. The summed E-state index contributed by atoms with van der Waals surface area (Å²) in [6, 6.07) is 10.1. The molecule has 1 atom stereocenters.